The third kappa shape index (κ3) is 4.13. The van der Waals surface area contributed by atoms with E-state index in [1.807, 2.05) is 121 Å². The average Bonchev–Trinajstić information content (AvgIpc) is 3.56. The first kappa shape index (κ1) is 20.4. The van der Waals surface area contributed by atoms with Crippen LogP contribution >= 0.6 is 0 Å². The van der Waals surface area contributed by atoms with Gasteiger partial charge in [-0.05, 0) is 24.3 Å². The second kappa shape index (κ2) is 8.99. The first-order valence-electron chi connectivity index (χ1n) is 11.1. The Balaban J connectivity index is 1.57. The number of hydrogen-bond donors (Lipinski definition) is 0. The van der Waals surface area contributed by atoms with E-state index >= 15 is 0 Å². The molecule has 0 N–H and O–H groups in total. The minimum absolute atomic E-state index is 0.366. The van der Waals surface area contributed by atoms with E-state index in [0.29, 0.717) is 11.6 Å². The number of aromatic nitrogens is 8. The molecule has 0 aliphatic heterocycles. The first-order valence-corrected chi connectivity index (χ1v) is 11.1. The zero-order chi connectivity index (χ0) is 23.5. The third-order valence-electron chi connectivity index (χ3n) is 5.27. The van der Waals surface area contributed by atoms with E-state index in [2.05, 4.69) is 20.6 Å². The summed E-state index contributed by atoms with van der Waals surface area (Å²) in [7, 11) is 0. The maximum absolute atomic E-state index is 4.82. The topological polar surface area (TPSA) is 82.9 Å². The molecule has 0 saturated heterocycles. The smallest absolute Gasteiger partial charge is 0.281 e. The average molecular weight is 459 g/mol. The molecule has 6 aromatic rings. The Morgan fingerprint density at radius 2 is 1.11 bits per heavy atom. The normalized spacial score (nSPS) is 11.6. The Kier molecular flexibility index (Phi) is 5.25. The predicted octanol–water partition coefficient (Wildman–Crippen LogP) is 1.24. The van der Waals surface area contributed by atoms with E-state index < -0.39 is 0 Å². The summed E-state index contributed by atoms with van der Waals surface area (Å²) in [5.74, 6) is 0.366. The lowest BCUT2D eigenvalue weighted by Crippen LogP contribution is -2.47. The number of para-hydroxylation sites is 4. The van der Waals surface area contributed by atoms with Gasteiger partial charge in [0, 0.05) is 30.0 Å². The molecule has 0 unspecified atom stereocenters. The zero-order valence-electron chi connectivity index (χ0n) is 18.6. The van der Waals surface area contributed by atoms with Gasteiger partial charge in [-0.2, -0.15) is 0 Å². The molecule has 0 fully saturated rings. The maximum Gasteiger partial charge on any atom is 0.321 e. The molecule has 0 aliphatic carbocycles. The van der Waals surface area contributed by atoms with Crippen LogP contribution in [0.5, 0.6) is 0 Å². The third-order valence-corrected chi connectivity index (χ3v) is 5.27. The van der Waals surface area contributed by atoms with Gasteiger partial charge in [-0.25, -0.2) is 0 Å². The number of rotatable bonds is 5. The number of tetrazole rings is 2. The summed E-state index contributed by atoms with van der Waals surface area (Å²) >= 11 is 0. The summed E-state index contributed by atoms with van der Waals surface area (Å²) in [5, 5.41) is 18.7. The van der Waals surface area contributed by atoms with Crippen LogP contribution in [0.15, 0.2) is 126 Å². The van der Waals surface area contributed by atoms with Crippen molar-refractivity contribution in [2.45, 2.75) is 0 Å². The second-order valence-electron chi connectivity index (χ2n) is 7.64. The molecule has 0 atom stereocenters. The van der Waals surface area contributed by atoms with Crippen LogP contribution in [0.4, 0.5) is 5.95 Å². The van der Waals surface area contributed by atoms with Crippen molar-refractivity contribution in [3.63, 3.8) is 0 Å². The van der Waals surface area contributed by atoms with Crippen LogP contribution in [0.1, 0.15) is 0 Å². The van der Waals surface area contributed by atoms with Gasteiger partial charge in [-0.1, -0.05) is 87.4 Å². The molecule has 2 aromatic heterocycles. The van der Waals surface area contributed by atoms with Crippen molar-refractivity contribution in [3.8, 4) is 22.7 Å². The highest BCUT2D eigenvalue weighted by molar-refractivity contribution is 5.29. The van der Waals surface area contributed by atoms with Gasteiger partial charge in [-0.3, -0.25) is 9.67 Å². The Bertz CT molecular complexity index is 1620. The van der Waals surface area contributed by atoms with Gasteiger partial charge < -0.3 is 0 Å². The van der Waals surface area contributed by atoms with Gasteiger partial charge in [0.1, 0.15) is 5.62 Å². The van der Waals surface area contributed by atoms with Crippen LogP contribution in [0.2, 0.25) is 0 Å². The Morgan fingerprint density at radius 3 is 1.71 bits per heavy atom. The van der Waals surface area contributed by atoms with Crippen molar-refractivity contribution in [2.24, 2.45) is 4.99 Å². The molecular weight excluding hydrogens is 438 g/mol. The van der Waals surface area contributed by atoms with Crippen LogP contribution in [-0.4, -0.2) is 15.0 Å². The van der Waals surface area contributed by atoms with Gasteiger partial charge in [0.25, 0.3) is 0 Å². The summed E-state index contributed by atoms with van der Waals surface area (Å²) < 4.78 is 3.37. The molecule has 0 saturated carbocycles. The van der Waals surface area contributed by atoms with Crippen molar-refractivity contribution >= 4 is 5.95 Å². The van der Waals surface area contributed by atoms with E-state index in [4.69, 9.17) is 4.99 Å². The number of hydrogen-bond acceptors (Lipinski definition) is 3. The van der Waals surface area contributed by atoms with E-state index in [0.717, 1.165) is 22.7 Å². The highest BCUT2D eigenvalue weighted by Gasteiger charge is 2.19. The van der Waals surface area contributed by atoms with Crippen molar-refractivity contribution in [2.75, 3.05) is 0 Å². The fourth-order valence-electron chi connectivity index (χ4n) is 3.59. The molecular formula is C26H20N9+. The molecule has 0 spiro atoms. The fraction of sp³-hybridized carbons (Fsp3) is 0. The van der Waals surface area contributed by atoms with Crippen molar-refractivity contribution in [1.82, 2.24) is 25.3 Å². The molecule has 0 bridgehead atoms. The fourth-order valence-corrected chi connectivity index (χ4v) is 3.59. The van der Waals surface area contributed by atoms with Gasteiger partial charge in [0.2, 0.25) is 11.4 Å². The van der Waals surface area contributed by atoms with Crippen LogP contribution < -0.4 is 30.2 Å². The van der Waals surface area contributed by atoms with E-state index in [1.165, 1.54) is 0 Å². The van der Waals surface area contributed by atoms with Crippen molar-refractivity contribution < 1.29 is 14.3 Å². The lowest BCUT2D eigenvalue weighted by Gasteiger charge is -2.04. The van der Waals surface area contributed by atoms with Gasteiger partial charge in [0.15, 0.2) is 5.69 Å². The molecule has 0 radical (unpaired) electrons. The van der Waals surface area contributed by atoms with E-state index in [1.54, 1.807) is 19.0 Å². The van der Waals surface area contributed by atoms with Crippen LogP contribution in [0.3, 0.4) is 0 Å². The molecule has 4 aromatic carbocycles. The SMILES string of the molecule is c1ccc(-n2n[n+](-c3ccccc3)[n-]/c2=N\c2n[n+](-c3ccccc3)[n-][n+]2-c2ccccc2)cc1. The summed E-state index contributed by atoms with van der Waals surface area (Å²) in [5.41, 5.74) is 3.67. The zero-order valence-corrected chi connectivity index (χ0v) is 18.6. The van der Waals surface area contributed by atoms with Gasteiger partial charge in [-0.15, -0.1) is 15.1 Å². The molecule has 168 valence electrons. The molecule has 9 heteroatoms. The van der Waals surface area contributed by atoms with Crippen molar-refractivity contribution in [3.05, 3.63) is 127 Å². The van der Waals surface area contributed by atoms with E-state index in [9.17, 15) is 0 Å². The lowest BCUT2D eigenvalue weighted by atomic mass is 10.3. The predicted molar refractivity (Wildman–Crippen MR) is 124 cm³/mol. The highest BCUT2D eigenvalue weighted by atomic mass is 15.7. The summed E-state index contributed by atoms with van der Waals surface area (Å²) in [6, 6.07) is 38.9. The number of nitrogens with zero attached hydrogens (tertiary/aromatic N) is 9. The molecule has 0 amide bonds. The van der Waals surface area contributed by atoms with Gasteiger partial charge in [0.05, 0.1) is 5.21 Å². The standard InChI is InChI=1S/C26H20N9/c1-5-13-21(14-6-1)32-25(28-34(30-32)23-17-9-3-10-18-23)27-26-29-35(24-19-11-4-12-20-24)31-33(26)22-15-7-2-8-16-22/h1-20H/q+1. The minimum Gasteiger partial charge on any atom is -0.281 e. The summed E-state index contributed by atoms with van der Waals surface area (Å²) in [6.45, 7) is 0. The molecule has 6 rings (SSSR count). The Labute approximate surface area is 200 Å². The van der Waals surface area contributed by atoms with Crippen LogP contribution in [-0.2, 0) is 0 Å². The van der Waals surface area contributed by atoms with Crippen LogP contribution in [0.25, 0.3) is 22.7 Å². The van der Waals surface area contributed by atoms with E-state index in [-0.39, 0.29) is 0 Å². The summed E-state index contributed by atoms with van der Waals surface area (Å²) in [4.78, 5) is 7.93. The number of benzene rings is 4. The second-order valence-corrected chi connectivity index (χ2v) is 7.64. The highest BCUT2D eigenvalue weighted by Crippen LogP contribution is 2.05. The molecule has 9 nitrogen and oxygen atoms in total. The first-order chi connectivity index (χ1) is 17.3. The summed E-state index contributed by atoms with van der Waals surface area (Å²) in [6.07, 6.45) is 0. The minimum atomic E-state index is 0.366. The molecule has 0 aliphatic rings. The van der Waals surface area contributed by atoms with Crippen molar-refractivity contribution in [1.29, 1.82) is 0 Å². The largest absolute Gasteiger partial charge is 0.321 e. The lowest BCUT2D eigenvalue weighted by molar-refractivity contribution is -0.831. The van der Waals surface area contributed by atoms with Crippen LogP contribution in [0, 0.1) is 0 Å². The van der Waals surface area contributed by atoms with Gasteiger partial charge >= 0.3 is 5.95 Å². The Hall–Kier alpha value is -5.18. The monoisotopic (exact) mass is 458 g/mol. The Morgan fingerprint density at radius 1 is 0.600 bits per heavy atom. The maximum atomic E-state index is 4.82. The molecule has 2 heterocycles. The quantitative estimate of drug-likeness (QED) is 0.364. The molecule has 35 heavy (non-hydrogen) atoms.